The van der Waals surface area contributed by atoms with Gasteiger partial charge in [0.1, 0.15) is 0 Å². The van der Waals surface area contributed by atoms with Gasteiger partial charge in [-0.15, -0.1) is 0 Å². The highest BCUT2D eigenvalue weighted by Gasteiger charge is 2.57. The molecule has 2 aliphatic heterocycles. The van der Waals surface area contributed by atoms with Gasteiger partial charge in [-0.1, -0.05) is 60.7 Å². The minimum absolute atomic E-state index is 0.00918. The lowest BCUT2D eigenvalue weighted by Crippen LogP contribution is -2.40. The molecule has 2 aromatic rings. The van der Waals surface area contributed by atoms with Crippen LogP contribution in [0.15, 0.2) is 60.7 Å². The van der Waals surface area contributed by atoms with Crippen LogP contribution in [0.1, 0.15) is 47.4 Å². The Bertz CT molecular complexity index is 816. The van der Waals surface area contributed by atoms with Gasteiger partial charge in [0, 0.05) is 22.7 Å². The Balaban J connectivity index is 1.72. The second-order valence-corrected chi connectivity index (χ2v) is 7.76. The molecule has 26 heavy (non-hydrogen) atoms. The third kappa shape index (κ3) is 2.79. The van der Waals surface area contributed by atoms with E-state index in [-0.39, 0.29) is 23.1 Å². The van der Waals surface area contributed by atoms with Crippen molar-refractivity contribution in [3.63, 3.8) is 0 Å². The largest absolute Gasteiger partial charge is 0.294 e. The molecule has 2 aliphatic rings. The lowest BCUT2D eigenvalue weighted by atomic mass is 9.83. The highest BCUT2D eigenvalue weighted by molar-refractivity contribution is 6.06. The summed E-state index contributed by atoms with van der Waals surface area (Å²) < 4.78 is 0. The average molecular weight is 349 g/mol. The predicted octanol–water partition coefficient (Wildman–Crippen LogP) is 3.93. The van der Waals surface area contributed by atoms with E-state index in [1.165, 1.54) is 0 Å². The molecule has 2 saturated heterocycles. The predicted molar refractivity (Wildman–Crippen MR) is 98.8 cm³/mol. The molecule has 0 amide bonds. The lowest BCUT2D eigenvalue weighted by Gasteiger charge is -2.29. The van der Waals surface area contributed by atoms with E-state index in [9.17, 15) is 9.59 Å². The molecule has 0 spiro atoms. The third-order valence-corrected chi connectivity index (χ3v) is 5.60. The molecule has 0 N–H and O–H groups in total. The summed E-state index contributed by atoms with van der Waals surface area (Å²) >= 11 is 0. The third-order valence-electron chi connectivity index (χ3n) is 5.60. The highest BCUT2D eigenvalue weighted by Crippen LogP contribution is 2.45. The van der Waals surface area contributed by atoms with Crippen molar-refractivity contribution in [1.29, 1.82) is 0 Å². The van der Waals surface area contributed by atoms with Gasteiger partial charge in [-0.2, -0.15) is 5.06 Å². The molecule has 0 saturated carbocycles. The summed E-state index contributed by atoms with van der Waals surface area (Å²) in [7, 11) is 0. The summed E-state index contributed by atoms with van der Waals surface area (Å²) in [6, 6.07) is 18.3. The van der Waals surface area contributed by atoms with Crippen LogP contribution in [0.3, 0.4) is 0 Å². The maximum atomic E-state index is 13.3. The molecule has 4 rings (SSSR count). The maximum Gasteiger partial charge on any atom is 0.194 e. The van der Waals surface area contributed by atoms with Crippen LogP contribution >= 0.6 is 0 Å². The van der Waals surface area contributed by atoms with E-state index in [2.05, 4.69) is 13.8 Å². The quantitative estimate of drug-likeness (QED) is 0.785. The Labute approximate surface area is 153 Å². The van der Waals surface area contributed by atoms with E-state index in [0.29, 0.717) is 11.1 Å². The maximum absolute atomic E-state index is 13.3. The smallest absolute Gasteiger partial charge is 0.194 e. The number of hydroxylamine groups is 2. The van der Waals surface area contributed by atoms with Crippen LogP contribution in [0.4, 0.5) is 0 Å². The normalized spacial score (nSPS) is 27.2. The van der Waals surface area contributed by atoms with E-state index >= 15 is 0 Å². The molecule has 2 heterocycles. The van der Waals surface area contributed by atoms with Crippen molar-refractivity contribution < 1.29 is 14.4 Å². The zero-order valence-electron chi connectivity index (χ0n) is 15.1. The number of benzene rings is 2. The number of nitrogens with zero attached hydrogens (tertiary/aromatic N) is 1. The zero-order chi connectivity index (χ0) is 18.3. The molecule has 4 nitrogen and oxygen atoms in total. The first-order chi connectivity index (χ1) is 12.5. The molecule has 0 aromatic heterocycles. The second kappa shape index (κ2) is 6.45. The summed E-state index contributed by atoms with van der Waals surface area (Å²) in [6.45, 7) is 4.21. The fourth-order valence-electron chi connectivity index (χ4n) is 4.20. The summed E-state index contributed by atoms with van der Waals surface area (Å²) in [5, 5.41) is 1.91. The van der Waals surface area contributed by atoms with Crippen LogP contribution in [-0.2, 0) is 4.84 Å². The van der Waals surface area contributed by atoms with Crippen molar-refractivity contribution in [3.8, 4) is 0 Å². The van der Waals surface area contributed by atoms with Gasteiger partial charge in [-0.3, -0.25) is 14.4 Å². The molecule has 0 radical (unpaired) electrons. The SMILES string of the molecule is CC1(C)CC[C@H]2[C@H](C(=O)c3ccccc3)[C@H](C(=O)c3ccccc3)ON21. The molecule has 0 unspecified atom stereocenters. The minimum Gasteiger partial charge on any atom is -0.294 e. The number of carbonyl (C=O) groups is 2. The second-order valence-electron chi connectivity index (χ2n) is 7.76. The van der Waals surface area contributed by atoms with Crippen LogP contribution in [0.25, 0.3) is 0 Å². The molecule has 4 heteroatoms. The van der Waals surface area contributed by atoms with E-state index in [0.717, 1.165) is 12.8 Å². The standard InChI is InChI=1S/C22H23NO3/c1-22(2)14-13-17-18(19(24)15-9-5-3-6-10-15)21(26-23(17)22)20(25)16-11-7-4-8-12-16/h3-12,17-18,21H,13-14H2,1-2H3/t17-,18+,21+/m0/s1. The van der Waals surface area contributed by atoms with Crippen molar-refractivity contribution in [2.45, 2.75) is 44.4 Å². The van der Waals surface area contributed by atoms with Gasteiger partial charge >= 0.3 is 0 Å². The van der Waals surface area contributed by atoms with Gasteiger partial charge in [-0.25, -0.2) is 0 Å². The summed E-state index contributed by atoms with van der Waals surface area (Å²) in [5.74, 6) is -0.609. The minimum atomic E-state index is -0.769. The van der Waals surface area contributed by atoms with Gasteiger partial charge in [0.05, 0.1) is 5.92 Å². The lowest BCUT2D eigenvalue weighted by molar-refractivity contribution is -0.187. The Morgan fingerprint density at radius 2 is 1.46 bits per heavy atom. The first-order valence-electron chi connectivity index (χ1n) is 9.14. The monoisotopic (exact) mass is 349 g/mol. The molecular formula is C22H23NO3. The van der Waals surface area contributed by atoms with Gasteiger partial charge in [-0.05, 0) is 26.7 Å². The topological polar surface area (TPSA) is 46.6 Å². The van der Waals surface area contributed by atoms with Crippen molar-refractivity contribution in [2.24, 2.45) is 5.92 Å². The molecule has 134 valence electrons. The Morgan fingerprint density at radius 3 is 2.04 bits per heavy atom. The number of ketones is 2. The van der Waals surface area contributed by atoms with Gasteiger partial charge < -0.3 is 0 Å². The number of rotatable bonds is 4. The van der Waals surface area contributed by atoms with Crippen molar-refractivity contribution in [2.75, 3.05) is 0 Å². The number of hydrogen-bond donors (Lipinski definition) is 0. The fraction of sp³-hybridized carbons (Fsp3) is 0.364. The highest BCUT2D eigenvalue weighted by atomic mass is 16.7. The van der Waals surface area contributed by atoms with E-state index in [1.807, 2.05) is 53.6 Å². The molecule has 2 fully saturated rings. The van der Waals surface area contributed by atoms with Crippen molar-refractivity contribution >= 4 is 11.6 Å². The molecule has 0 aliphatic carbocycles. The van der Waals surface area contributed by atoms with Gasteiger partial charge in [0.25, 0.3) is 0 Å². The van der Waals surface area contributed by atoms with E-state index in [1.54, 1.807) is 12.1 Å². The number of carbonyl (C=O) groups excluding carboxylic acids is 2. The number of Topliss-reactive ketones (excluding diaryl/α,β-unsaturated/α-hetero) is 2. The van der Waals surface area contributed by atoms with E-state index in [4.69, 9.17) is 4.84 Å². The molecule has 3 atom stereocenters. The summed E-state index contributed by atoms with van der Waals surface area (Å²) in [4.78, 5) is 32.6. The molecule has 0 bridgehead atoms. The number of fused-ring (bicyclic) bond motifs is 1. The fourth-order valence-corrected chi connectivity index (χ4v) is 4.20. The van der Waals surface area contributed by atoms with Crippen molar-refractivity contribution in [1.82, 2.24) is 5.06 Å². The van der Waals surface area contributed by atoms with Gasteiger partial charge in [0.2, 0.25) is 0 Å². The first kappa shape index (κ1) is 17.1. The zero-order valence-corrected chi connectivity index (χ0v) is 15.1. The van der Waals surface area contributed by atoms with Crippen LogP contribution in [0, 0.1) is 5.92 Å². The number of hydrogen-bond acceptors (Lipinski definition) is 4. The van der Waals surface area contributed by atoms with Crippen molar-refractivity contribution in [3.05, 3.63) is 71.8 Å². The van der Waals surface area contributed by atoms with E-state index < -0.39 is 12.0 Å². The Hall–Kier alpha value is -2.30. The first-order valence-corrected chi connectivity index (χ1v) is 9.14. The molecular weight excluding hydrogens is 326 g/mol. The van der Waals surface area contributed by atoms with Crippen LogP contribution < -0.4 is 0 Å². The Kier molecular flexibility index (Phi) is 4.25. The summed E-state index contributed by atoms with van der Waals surface area (Å²) in [6.07, 6.45) is 1.03. The van der Waals surface area contributed by atoms with Crippen LogP contribution in [-0.4, -0.2) is 34.3 Å². The Morgan fingerprint density at radius 1 is 0.923 bits per heavy atom. The summed E-state index contributed by atoms with van der Waals surface area (Å²) in [5.41, 5.74) is 1.05. The average Bonchev–Trinajstić information content (AvgIpc) is 3.19. The van der Waals surface area contributed by atoms with Crippen LogP contribution in [0.5, 0.6) is 0 Å². The van der Waals surface area contributed by atoms with Crippen LogP contribution in [0.2, 0.25) is 0 Å². The molecule has 2 aromatic carbocycles. The van der Waals surface area contributed by atoms with Gasteiger partial charge in [0.15, 0.2) is 17.7 Å².